The Labute approximate surface area is 183 Å². The molecule has 0 bridgehead atoms. The Morgan fingerprint density at radius 3 is 2.06 bits per heavy atom. The van der Waals surface area contributed by atoms with E-state index in [1.54, 1.807) is 12.0 Å². The van der Waals surface area contributed by atoms with Crippen LogP contribution >= 0.6 is 0 Å². The second-order valence-corrected chi connectivity index (χ2v) is 7.33. The van der Waals surface area contributed by atoms with Crippen LogP contribution in [0.5, 0.6) is 5.75 Å². The van der Waals surface area contributed by atoms with E-state index in [0.29, 0.717) is 13.1 Å². The molecule has 0 saturated carbocycles. The zero-order valence-electron chi connectivity index (χ0n) is 18.0. The number of methoxy groups -OCH3 is 1. The van der Waals surface area contributed by atoms with Crippen molar-refractivity contribution < 1.29 is 14.3 Å². The van der Waals surface area contributed by atoms with Gasteiger partial charge in [0, 0.05) is 20.0 Å². The Hall–Kier alpha value is -3.60. The maximum Gasteiger partial charge on any atom is 0.247 e. The van der Waals surface area contributed by atoms with Crippen LogP contribution < -0.4 is 10.1 Å². The monoisotopic (exact) mass is 416 g/mol. The summed E-state index contributed by atoms with van der Waals surface area (Å²) >= 11 is 0. The van der Waals surface area contributed by atoms with E-state index in [1.807, 2.05) is 84.9 Å². The van der Waals surface area contributed by atoms with E-state index >= 15 is 0 Å². The molecule has 2 amide bonds. The normalized spacial score (nSPS) is 11.4. The number of ether oxygens (including phenoxy) is 1. The maximum atomic E-state index is 13.2. The van der Waals surface area contributed by atoms with E-state index in [1.165, 1.54) is 6.92 Å². The molecule has 0 aliphatic rings. The van der Waals surface area contributed by atoms with Gasteiger partial charge < -0.3 is 15.0 Å². The highest BCUT2D eigenvalue weighted by Gasteiger charge is 2.29. The molecule has 0 fully saturated rings. The summed E-state index contributed by atoms with van der Waals surface area (Å²) in [6.07, 6.45) is 0.729. The first-order valence-electron chi connectivity index (χ1n) is 10.3. The molecule has 0 unspecified atom stereocenters. The van der Waals surface area contributed by atoms with E-state index in [2.05, 4.69) is 5.32 Å². The second kappa shape index (κ2) is 11.0. The van der Waals surface area contributed by atoms with Crippen molar-refractivity contribution in [2.45, 2.75) is 25.9 Å². The van der Waals surface area contributed by atoms with Crippen molar-refractivity contribution in [1.29, 1.82) is 0 Å². The fourth-order valence-electron chi connectivity index (χ4n) is 3.49. The lowest BCUT2D eigenvalue weighted by atomic mass is 10.0. The minimum atomic E-state index is -0.712. The van der Waals surface area contributed by atoms with Crippen molar-refractivity contribution >= 4 is 11.8 Å². The van der Waals surface area contributed by atoms with E-state index in [0.717, 1.165) is 28.9 Å². The Morgan fingerprint density at radius 1 is 0.871 bits per heavy atom. The van der Waals surface area contributed by atoms with Gasteiger partial charge in [0.05, 0.1) is 7.11 Å². The van der Waals surface area contributed by atoms with Gasteiger partial charge in [0.2, 0.25) is 11.8 Å². The van der Waals surface area contributed by atoms with Crippen LogP contribution in [0.15, 0.2) is 84.9 Å². The highest BCUT2D eigenvalue weighted by Crippen LogP contribution is 2.24. The van der Waals surface area contributed by atoms with Crippen LogP contribution in [-0.2, 0) is 22.6 Å². The smallest absolute Gasteiger partial charge is 0.247 e. The van der Waals surface area contributed by atoms with Crippen LogP contribution in [0.3, 0.4) is 0 Å². The molecule has 1 N–H and O–H groups in total. The SMILES string of the molecule is COc1ccc(CN(C(C)=O)[C@H](C(=O)NCCc2ccccc2)c2ccccc2)cc1. The highest BCUT2D eigenvalue weighted by atomic mass is 16.5. The number of carbonyl (C=O) groups is 2. The van der Waals surface area contributed by atoms with Gasteiger partial charge in [-0.1, -0.05) is 72.8 Å². The van der Waals surface area contributed by atoms with E-state index in [9.17, 15) is 9.59 Å². The van der Waals surface area contributed by atoms with Gasteiger partial charge in [0.15, 0.2) is 0 Å². The summed E-state index contributed by atoms with van der Waals surface area (Å²) in [5.41, 5.74) is 2.86. The van der Waals surface area contributed by atoms with Crippen LogP contribution in [0.25, 0.3) is 0 Å². The number of nitrogens with zero attached hydrogens (tertiary/aromatic N) is 1. The average molecular weight is 417 g/mol. The lowest BCUT2D eigenvalue weighted by Crippen LogP contribution is -2.43. The molecule has 5 heteroatoms. The van der Waals surface area contributed by atoms with Gasteiger partial charge in [-0.3, -0.25) is 9.59 Å². The molecular formula is C26H28N2O3. The number of rotatable bonds is 9. The van der Waals surface area contributed by atoms with Crippen LogP contribution in [0.2, 0.25) is 0 Å². The fraction of sp³-hybridized carbons (Fsp3) is 0.231. The molecule has 5 nitrogen and oxygen atoms in total. The summed E-state index contributed by atoms with van der Waals surface area (Å²) in [7, 11) is 1.61. The largest absolute Gasteiger partial charge is 0.497 e. The Bertz CT molecular complexity index is 973. The third kappa shape index (κ3) is 6.19. The molecule has 3 aromatic rings. The first-order valence-corrected chi connectivity index (χ1v) is 10.3. The van der Waals surface area contributed by atoms with Crippen LogP contribution in [0, 0.1) is 0 Å². The number of nitrogens with one attached hydrogen (secondary N) is 1. The number of amides is 2. The molecule has 0 spiro atoms. The lowest BCUT2D eigenvalue weighted by Gasteiger charge is -2.30. The molecule has 160 valence electrons. The van der Waals surface area contributed by atoms with Crippen molar-refractivity contribution in [3.05, 3.63) is 102 Å². The minimum Gasteiger partial charge on any atom is -0.497 e. The number of carbonyl (C=O) groups excluding carboxylic acids is 2. The van der Waals surface area contributed by atoms with Crippen molar-refractivity contribution in [3.63, 3.8) is 0 Å². The summed E-state index contributed by atoms with van der Waals surface area (Å²) in [5, 5.41) is 3.02. The zero-order valence-corrected chi connectivity index (χ0v) is 18.0. The van der Waals surface area contributed by atoms with Crippen LogP contribution in [0.4, 0.5) is 0 Å². The van der Waals surface area contributed by atoms with Gasteiger partial charge in [-0.05, 0) is 35.2 Å². The summed E-state index contributed by atoms with van der Waals surface area (Å²) < 4.78 is 5.21. The van der Waals surface area contributed by atoms with Crippen LogP contribution in [0.1, 0.15) is 29.7 Å². The third-order valence-electron chi connectivity index (χ3n) is 5.15. The Morgan fingerprint density at radius 2 is 1.48 bits per heavy atom. The first kappa shape index (κ1) is 22.1. The standard InChI is InChI=1S/C26H28N2O3/c1-20(29)28(19-22-13-15-24(31-2)16-14-22)25(23-11-7-4-8-12-23)26(30)27-18-17-21-9-5-3-6-10-21/h3-16,25H,17-19H2,1-2H3,(H,27,30)/t25-/m0/s1. The van der Waals surface area contributed by atoms with Crippen molar-refractivity contribution in [1.82, 2.24) is 10.2 Å². The summed E-state index contributed by atoms with van der Waals surface area (Å²) in [5.74, 6) is 0.394. The zero-order chi connectivity index (χ0) is 22.1. The van der Waals surface area contributed by atoms with Gasteiger partial charge >= 0.3 is 0 Å². The Balaban J connectivity index is 1.79. The molecule has 0 radical (unpaired) electrons. The van der Waals surface area contributed by atoms with Gasteiger partial charge in [0.1, 0.15) is 11.8 Å². The fourth-order valence-corrected chi connectivity index (χ4v) is 3.49. The second-order valence-electron chi connectivity index (χ2n) is 7.33. The lowest BCUT2D eigenvalue weighted by molar-refractivity contribution is -0.140. The first-order chi connectivity index (χ1) is 15.1. The number of hydrogen-bond donors (Lipinski definition) is 1. The summed E-state index contributed by atoms with van der Waals surface area (Å²) in [6.45, 7) is 2.32. The topological polar surface area (TPSA) is 58.6 Å². The van der Waals surface area contributed by atoms with Crippen molar-refractivity contribution in [3.8, 4) is 5.75 Å². The molecule has 0 aliphatic heterocycles. The molecule has 3 aromatic carbocycles. The molecule has 3 rings (SSSR count). The summed E-state index contributed by atoms with van der Waals surface area (Å²) in [4.78, 5) is 27.5. The van der Waals surface area contributed by atoms with Crippen molar-refractivity contribution in [2.24, 2.45) is 0 Å². The van der Waals surface area contributed by atoms with Gasteiger partial charge in [0.25, 0.3) is 0 Å². The molecule has 31 heavy (non-hydrogen) atoms. The maximum absolute atomic E-state index is 13.2. The summed E-state index contributed by atoms with van der Waals surface area (Å²) in [6, 6.07) is 26.2. The quantitative estimate of drug-likeness (QED) is 0.570. The van der Waals surface area contributed by atoms with E-state index in [4.69, 9.17) is 4.74 Å². The molecule has 0 saturated heterocycles. The number of hydrogen-bond acceptors (Lipinski definition) is 3. The van der Waals surface area contributed by atoms with Gasteiger partial charge in [-0.15, -0.1) is 0 Å². The Kier molecular flexibility index (Phi) is 7.82. The van der Waals surface area contributed by atoms with E-state index < -0.39 is 6.04 Å². The molecular weight excluding hydrogens is 388 g/mol. The van der Waals surface area contributed by atoms with Gasteiger partial charge in [-0.25, -0.2) is 0 Å². The molecule has 0 heterocycles. The average Bonchev–Trinajstić information content (AvgIpc) is 2.80. The van der Waals surface area contributed by atoms with Gasteiger partial charge in [-0.2, -0.15) is 0 Å². The molecule has 0 aliphatic carbocycles. The predicted molar refractivity (Wildman–Crippen MR) is 122 cm³/mol. The number of benzene rings is 3. The third-order valence-corrected chi connectivity index (χ3v) is 5.15. The minimum absolute atomic E-state index is 0.164. The predicted octanol–water partition coefficient (Wildman–Crippen LogP) is 4.14. The molecule has 0 aromatic heterocycles. The molecule has 1 atom stereocenters. The van der Waals surface area contributed by atoms with Crippen molar-refractivity contribution in [2.75, 3.05) is 13.7 Å². The highest BCUT2D eigenvalue weighted by molar-refractivity contribution is 5.88. The van der Waals surface area contributed by atoms with Crippen LogP contribution in [-0.4, -0.2) is 30.4 Å². The van der Waals surface area contributed by atoms with E-state index in [-0.39, 0.29) is 11.8 Å².